The maximum Gasteiger partial charge on any atom is 0.375 e. The van der Waals surface area contributed by atoms with Crippen molar-refractivity contribution in [2.24, 2.45) is 5.92 Å². The molecule has 4 N–H and O–H groups in total. The van der Waals surface area contributed by atoms with Crippen LogP contribution in [0.3, 0.4) is 0 Å². The normalized spacial score (nSPS) is 22.3. The molecule has 2 aromatic carbocycles. The minimum absolute atomic E-state index is 0.00576. The smallest absolute Gasteiger partial charge is 0.375 e. The van der Waals surface area contributed by atoms with E-state index in [1.807, 2.05) is 30.5 Å². The third-order valence-corrected chi connectivity index (χ3v) is 12.6. The number of aromatic amines is 1. The molecule has 0 amide bonds. The van der Waals surface area contributed by atoms with Crippen LogP contribution in [0.15, 0.2) is 47.4 Å². The first-order valence-corrected chi connectivity index (χ1v) is 20.7. The van der Waals surface area contributed by atoms with Crippen LogP contribution in [0.1, 0.15) is 92.9 Å². The molecule has 0 unspecified atom stereocenters. The molecule has 1 aromatic heterocycles. The van der Waals surface area contributed by atoms with Crippen molar-refractivity contribution >= 4 is 34.5 Å². The topological polar surface area (TPSA) is 177 Å². The predicted octanol–water partition coefficient (Wildman–Crippen LogP) is 5.31. The Morgan fingerprint density at radius 2 is 1.88 bits per heavy atom. The zero-order chi connectivity index (χ0) is 41.0. The standard InChI is InChI=1S/C45H56N2O11/c1-4-56-44(52)43-33(25-49)38(29-9-11-36(51)31(23-29)27-8-10-35-28(22-27)12-16-46-35)39-41(55-3)32-24-37(57-40(32)34(26-50)42(39)58-43)45(53,15-5-6-20-48)30-13-18-47(19-14-30)17-7-21-54-2/h8,10,12,16,22,25,30-31,37,46,48,50,53H,4-7,9,11,13-15,17-21,23-24,26H2,1-3H3/b38-29-/t31-,37-,45+/m0/s1. The molecular weight excluding hydrogens is 744 g/mol. The number of likely N-dealkylation sites (tertiary alicyclic amines) is 1. The minimum Gasteiger partial charge on any atom is -0.496 e. The number of carbonyl (C=O) groups is 3. The number of nitrogens with zero attached hydrogens (tertiary/aromatic N) is 1. The zero-order valence-electron chi connectivity index (χ0n) is 33.8. The molecule has 312 valence electrons. The molecule has 1 aliphatic carbocycles. The number of H-pyrrole nitrogens is 1. The molecule has 3 aromatic rings. The van der Waals surface area contributed by atoms with Crippen molar-refractivity contribution in [3.63, 3.8) is 0 Å². The van der Waals surface area contributed by atoms with Crippen molar-refractivity contribution in [2.45, 2.75) is 95.4 Å². The van der Waals surface area contributed by atoms with Crippen molar-refractivity contribution in [2.75, 3.05) is 53.7 Å². The van der Waals surface area contributed by atoms with Gasteiger partial charge in [0.1, 0.15) is 34.7 Å². The van der Waals surface area contributed by atoms with Gasteiger partial charge in [0.2, 0.25) is 5.76 Å². The summed E-state index contributed by atoms with van der Waals surface area (Å²) in [6, 6.07) is 7.85. The number of ether oxygens (including phenoxy) is 5. The highest BCUT2D eigenvalue weighted by Crippen LogP contribution is 2.57. The number of benzene rings is 2. The molecule has 13 heteroatoms. The van der Waals surface area contributed by atoms with E-state index in [0.717, 1.165) is 60.9 Å². The molecule has 0 radical (unpaired) electrons. The van der Waals surface area contributed by atoms with Crippen LogP contribution >= 0.6 is 0 Å². The van der Waals surface area contributed by atoms with E-state index in [2.05, 4.69) is 9.88 Å². The quantitative estimate of drug-likeness (QED) is 0.0836. The van der Waals surface area contributed by atoms with E-state index in [0.29, 0.717) is 66.8 Å². The number of unbranched alkanes of at least 4 members (excludes halogenated alkanes) is 1. The third-order valence-electron chi connectivity index (χ3n) is 12.6. The van der Waals surface area contributed by atoms with Crippen LogP contribution in [-0.4, -0.2) is 109 Å². The van der Waals surface area contributed by atoms with Crippen LogP contribution in [0.2, 0.25) is 0 Å². The van der Waals surface area contributed by atoms with E-state index >= 15 is 0 Å². The monoisotopic (exact) mass is 800 g/mol. The lowest BCUT2D eigenvalue weighted by molar-refractivity contribution is -0.141. The summed E-state index contributed by atoms with van der Waals surface area (Å²) >= 11 is 0. The van der Waals surface area contributed by atoms with Crippen molar-refractivity contribution in [1.82, 2.24) is 9.88 Å². The van der Waals surface area contributed by atoms with Gasteiger partial charge in [-0.1, -0.05) is 11.6 Å². The van der Waals surface area contributed by atoms with Gasteiger partial charge >= 0.3 is 5.97 Å². The Balaban J connectivity index is 1.33. The van der Waals surface area contributed by atoms with Gasteiger partial charge in [0.15, 0.2) is 6.29 Å². The summed E-state index contributed by atoms with van der Waals surface area (Å²) < 4.78 is 30.0. The molecule has 58 heavy (non-hydrogen) atoms. The average Bonchev–Trinajstić information content (AvgIpc) is 3.91. The summed E-state index contributed by atoms with van der Waals surface area (Å²) in [4.78, 5) is 46.0. The summed E-state index contributed by atoms with van der Waals surface area (Å²) in [6.45, 7) is 4.39. The van der Waals surface area contributed by atoms with Gasteiger partial charge in [-0.25, -0.2) is 4.79 Å². The maximum absolute atomic E-state index is 13.6. The first kappa shape index (κ1) is 41.6. The SMILES string of the molecule is CCOC(=O)C1=C(C=O)/C(=C2\CCC(=O)[C@H](c3ccc4[nH]ccc4c3)C2)c2c(OC)c3c(c(CO)c2O1)O[C@H]([C@@](O)(CCCCO)C1CCN(CCCOC)CC1)C3. The van der Waals surface area contributed by atoms with Crippen molar-refractivity contribution in [3.05, 3.63) is 69.6 Å². The largest absolute Gasteiger partial charge is 0.496 e. The molecule has 2 fully saturated rings. The number of nitrogens with one attached hydrogen (secondary N) is 1. The molecule has 0 spiro atoms. The van der Waals surface area contributed by atoms with Gasteiger partial charge < -0.3 is 48.9 Å². The van der Waals surface area contributed by atoms with Gasteiger partial charge in [-0.05, 0) is 106 Å². The lowest BCUT2D eigenvalue weighted by Crippen LogP contribution is -2.54. The molecule has 1 saturated carbocycles. The Morgan fingerprint density at radius 1 is 1.07 bits per heavy atom. The molecule has 0 bridgehead atoms. The van der Waals surface area contributed by atoms with E-state index in [9.17, 15) is 29.7 Å². The second kappa shape index (κ2) is 18.2. The number of ketones is 1. The Bertz CT molecular complexity index is 2080. The number of aliphatic hydroxyl groups excluding tert-OH is 2. The van der Waals surface area contributed by atoms with Gasteiger partial charge in [0.05, 0.1) is 37.0 Å². The van der Waals surface area contributed by atoms with E-state index in [1.54, 1.807) is 14.0 Å². The summed E-state index contributed by atoms with van der Waals surface area (Å²) in [5.41, 5.74) is 2.93. The van der Waals surface area contributed by atoms with E-state index in [-0.39, 0.29) is 66.8 Å². The van der Waals surface area contributed by atoms with Gasteiger partial charge in [-0.15, -0.1) is 0 Å². The number of allylic oxidation sites excluding steroid dienone is 3. The number of Topliss-reactive ketones (excluding diaryl/α,β-unsaturated/α-hetero) is 1. The highest BCUT2D eigenvalue weighted by molar-refractivity contribution is 6.11. The second-order valence-corrected chi connectivity index (χ2v) is 15.8. The zero-order valence-corrected chi connectivity index (χ0v) is 33.8. The van der Waals surface area contributed by atoms with Crippen LogP contribution in [0.5, 0.6) is 17.2 Å². The lowest BCUT2D eigenvalue weighted by atomic mass is 9.72. The van der Waals surface area contributed by atoms with Crippen molar-refractivity contribution < 1.29 is 53.4 Å². The lowest BCUT2D eigenvalue weighted by Gasteiger charge is -2.44. The van der Waals surface area contributed by atoms with E-state index < -0.39 is 30.2 Å². The van der Waals surface area contributed by atoms with E-state index in [4.69, 9.17) is 23.7 Å². The van der Waals surface area contributed by atoms with Crippen molar-refractivity contribution in [1.29, 1.82) is 0 Å². The van der Waals surface area contributed by atoms with Gasteiger partial charge in [-0.3, -0.25) is 9.59 Å². The van der Waals surface area contributed by atoms with Crippen LogP contribution in [0.25, 0.3) is 16.5 Å². The number of aromatic nitrogens is 1. The first-order valence-electron chi connectivity index (χ1n) is 20.7. The third kappa shape index (κ3) is 7.82. The van der Waals surface area contributed by atoms with Crippen LogP contribution in [0.4, 0.5) is 0 Å². The van der Waals surface area contributed by atoms with Gasteiger partial charge in [0, 0.05) is 68.5 Å². The number of esters is 1. The fourth-order valence-electron chi connectivity index (χ4n) is 9.68. The number of fused-ring (bicyclic) bond motifs is 3. The predicted molar refractivity (Wildman–Crippen MR) is 216 cm³/mol. The molecule has 13 nitrogen and oxygen atoms in total. The number of hydrogen-bond donors (Lipinski definition) is 4. The second-order valence-electron chi connectivity index (χ2n) is 15.8. The maximum atomic E-state index is 13.6. The van der Waals surface area contributed by atoms with Crippen LogP contribution < -0.4 is 14.2 Å². The average molecular weight is 801 g/mol. The number of hydrogen-bond acceptors (Lipinski definition) is 12. The number of carbonyl (C=O) groups excluding carboxylic acids is 3. The fraction of sp³-hybridized carbons (Fsp3) is 0.533. The molecule has 7 rings (SSSR count). The van der Waals surface area contributed by atoms with Crippen LogP contribution in [-0.2, 0) is 36.9 Å². The molecule has 3 atom stereocenters. The minimum atomic E-state index is -1.28. The molecule has 4 aliphatic rings. The fourth-order valence-corrected chi connectivity index (χ4v) is 9.68. The van der Waals surface area contributed by atoms with E-state index in [1.165, 1.54) is 7.11 Å². The number of aliphatic hydroxyl groups is 3. The van der Waals surface area contributed by atoms with Crippen molar-refractivity contribution in [3.8, 4) is 17.2 Å². The Morgan fingerprint density at radius 3 is 2.59 bits per heavy atom. The highest BCUT2D eigenvalue weighted by Gasteiger charge is 2.51. The molecular formula is C45H56N2O11. The van der Waals surface area contributed by atoms with Gasteiger partial charge in [0.25, 0.3) is 0 Å². The molecule has 3 aliphatic heterocycles. The molecule has 1 saturated heterocycles. The summed E-state index contributed by atoms with van der Waals surface area (Å²) in [7, 11) is 3.22. The first-order chi connectivity index (χ1) is 28.2. The highest BCUT2D eigenvalue weighted by atomic mass is 16.6. The summed E-state index contributed by atoms with van der Waals surface area (Å²) in [5, 5.41) is 34.6. The molecule has 4 heterocycles. The number of aldehydes is 1. The Labute approximate surface area is 338 Å². The van der Waals surface area contributed by atoms with Gasteiger partial charge in [-0.2, -0.15) is 0 Å². The summed E-state index contributed by atoms with van der Waals surface area (Å²) in [5.74, 6) is -0.944. The number of piperidine rings is 1. The number of methoxy groups -OCH3 is 2. The number of rotatable bonds is 16. The Hall–Kier alpha value is -4.53. The Kier molecular flexibility index (Phi) is 13.0. The van der Waals surface area contributed by atoms with Crippen LogP contribution in [0, 0.1) is 5.92 Å². The summed E-state index contributed by atoms with van der Waals surface area (Å²) in [6.07, 6.45) is 6.72.